The van der Waals surface area contributed by atoms with Crippen molar-refractivity contribution < 1.29 is 9.53 Å². The second-order valence-electron chi connectivity index (χ2n) is 4.00. The van der Waals surface area contributed by atoms with Crippen molar-refractivity contribution in [1.82, 2.24) is 5.32 Å². The average Bonchev–Trinajstić information content (AvgIpc) is 2.33. The molecule has 1 rings (SSSR count). The van der Waals surface area contributed by atoms with Crippen LogP contribution in [0.3, 0.4) is 0 Å². The number of amides is 1. The van der Waals surface area contributed by atoms with Crippen LogP contribution in [0, 0.1) is 0 Å². The Kier molecular flexibility index (Phi) is 7.32. The molecule has 0 radical (unpaired) electrons. The largest absolute Gasteiger partial charge is 0.383 e. The van der Waals surface area contributed by atoms with Gasteiger partial charge in [0.05, 0.1) is 19.1 Å². The van der Waals surface area contributed by atoms with Crippen molar-refractivity contribution >= 4 is 33.4 Å². The zero-order valence-electron chi connectivity index (χ0n) is 10.3. The SMILES string of the molecule is COCC(CCCl)NC(=O)Cc1ccc(Br)cc1. The number of carbonyl (C=O) groups is 1. The van der Waals surface area contributed by atoms with Crippen LogP contribution in [0.2, 0.25) is 0 Å². The van der Waals surface area contributed by atoms with Gasteiger partial charge in [-0.15, -0.1) is 11.6 Å². The van der Waals surface area contributed by atoms with Gasteiger partial charge in [0.25, 0.3) is 0 Å². The fourth-order valence-corrected chi connectivity index (χ4v) is 2.12. The van der Waals surface area contributed by atoms with E-state index in [0.717, 1.165) is 10.0 Å². The Morgan fingerprint density at radius 2 is 2.11 bits per heavy atom. The van der Waals surface area contributed by atoms with Crippen LogP contribution < -0.4 is 5.32 Å². The molecule has 0 heterocycles. The van der Waals surface area contributed by atoms with E-state index in [2.05, 4.69) is 21.2 Å². The molecule has 3 nitrogen and oxygen atoms in total. The Balaban J connectivity index is 2.46. The first-order valence-electron chi connectivity index (χ1n) is 5.74. The highest BCUT2D eigenvalue weighted by molar-refractivity contribution is 9.10. The molecule has 0 fully saturated rings. The predicted octanol–water partition coefficient (Wildman–Crippen LogP) is 2.75. The van der Waals surface area contributed by atoms with Gasteiger partial charge in [0.2, 0.25) is 5.91 Å². The van der Waals surface area contributed by atoms with Crippen LogP contribution >= 0.6 is 27.5 Å². The Bertz CT molecular complexity index is 364. The third kappa shape index (κ3) is 5.85. The Morgan fingerprint density at radius 3 is 2.67 bits per heavy atom. The van der Waals surface area contributed by atoms with E-state index in [0.29, 0.717) is 25.3 Å². The summed E-state index contributed by atoms with van der Waals surface area (Å²) in [6.45, 7) is 0.485. The second kappa shape index (κ2) is 8.51. The van der Waals surface area contributed by atoms with Crippen LogP contribution in [0.15, 0.2) is 28.7 Å². The summed E-state index contributed by atoms with van der Waals surface area (Å²) in [5.41, 5.74) is 0.984. The predicted molar refractivity (Wildman–Crippen MR) is 77.0 cm³/mol. The molecule has 0 aliphatic rings. The number of halogens is 2. The summed E-state index contributed by atoms with van der Waals surface area (Å²) in [7, 11) is 1.61. The van der Waals surface area contributed by atoms with Crippen molar-refractivity contribution in [3.63, 3.8) is 0 Å². The van der Waals surface area contributed by atoms with Crippen LogP contribution in [0.4, 0.5) is 0 Å². The van der Waals surface area contributed by atoms with Crippen molar-refractivity contribution in [2.45, 2.75) is 18.9 Å². The Hall–Kier alpha value is -0.580. The molecule has 1 amide bonds. The molecule has 1 aromatic rings. The van der Waals surface area contributed by atoms with Crippen LogP contribution in [0.5, 0.6) is 0 Å². The Labute approximate surface area is 121 Å². The molecule has 1 atom stereocenters. The van der Waals surface area contributed by atoms with E-state index < -0.39 is 0 Å². The van der Waals surface area contributed by atoms with Crippen molar-refractivity contribution in [3.05, 3.63) is 34.3 Å². The number of hydrogen-bond donors (Lipinski definition) is 1. The number of alkyl halides is 1. The van der Waals surface area contributed by atoms with Gasteiger partial charge in [-0.2, -0.15) is 0 Å². The van der Waals surface area contributed by atoms with Gasteiger partial charge < -0.3 is 10.1 Å². The number of carbonyl (C=O) groups excluding carboxylic acids is 1. The maximum atomic E-state index is 11.8. The minimum atomic E-state index is -0.0181. The second-order valence-corrected chi connectivity index (χ2v) is 5.29. The number of nitrogens with one attached hydrogen (secondary N) is 1. The number of benzene rings is 1. The molecular formula is C13H17BrClNO2. The van der Waals surface area contributed by atoms with Gasteiger partial charge in [-0.3, -0.25) is 4.79 Å². The third-order valence-corrected chi connectivity index (χ3v) is 3.22. The molecule has 100 valence electrons. The summed E-state index contributed by atoms with van der Waals surface area (Å²) in [4.78, 5) is 11.8. The molecule has 5 heteroatoms. The highest BCUT2D eigenvalue weighted by Gasteiger charge is 2.11. The van der Waals surface area contributed by atoms with Crippen molar-refractivity contribution in [2.24, 2.45) is 0 Å². The molecule has 1 aromatic carbocycles. The molecule has 0 bridgehead atoms. The summed E-state index contributed by atoms with van der Waals surface area (Å²) < 4.78 is 6.05. The maximum Gasteiger partial charge on any atom is 0.224 e. The summed E-state index contributed by atoms with van der Waals surface area (Å²) >= 11 is 9.04. The monoisotopic (exact) mass is 333 g/mol. The summed E-state index contributed by atoms with van der Waals surface area (Å²) in [6, 6.07) is 7.69. The van der Waals surface area contributed by atoms with Crippen LogP contribution in [0.1, 0.15) is 12.0 Å². The first kappa shape index (κ1) is 15.5. The van der Waals surface area contributed by atoms with Crippen molar-refractivity contribution in [2.75, 3.05) is 19.6 Å². The normalized spacial score (nSPS) is 12.2. The van der Waals surface area contributed by atoms with Gasteiger partial charge in [0, 0.05) is 17.5 Å². The maximum absolute atomic E-state index is 11.8. The molecule has 0 saturated heterocycles. The van der Waals surface area contributed by atoms with Gasteiger partial charge in [0.15, 0.2) is 0 Å². The zero-order chi connectivity index (χ0) is 13.4. The van der Waals surface area contributed by atoms with E-state index in [-0.39, 0.29) is 11.9 Å². The first-order chi connectivity index (χ1) is 8.65. The lowest BCUT2D eigenvalue weighted by Crippen LogP contribution is -2.39. The number of methoxy groups -OCH3 is 1. The number of ether oxygens (including phenoxy) is 1. The highest BCUT2D eigenvalue weighted by atomic mass is 79.9. The lowest BCUT2D eigenvalue weighted by atomic mass is 10.1. The van der Waals surface area contributed by atoms with E-state index in [4.69, 9.17) is 16.3 Å². The average molecular weight is 335 g/mol. The Morgan fingerprint density at radius 1 is 1.44 bits per heavy atom. The molecule has 0 spiro atoms. The van der Waals surface area contributed by atoms with Gasteiger partial charge in [-0.1, -0.05) is 28.1 Å². The highest BCUT2D eigenvalue weighted by Crippen LogP contribution is 2.11. The molecule has 0 saturated carbocycles. The minimum absolute atomic E-state index is 0.00973. The van der Waals surface area contributed by atoms with E-state index in [9.17, 15) is 4.79 Å². The molecule has 0 aromatic heterocycles. The molecule has 0 aliphatic carbocycles. The number of rotatable bonds is 7. The molecule has 18 heavy (non-hydrogen) atoms. The smallest absolute Gasteiger partial charge is 0.224 e. The standard InChI is InChI=1S/C13H17BrClNO2/c1-18-9-12(6-7-15)16-13(17)8-10-2-4-11(14)5-3-10/h2-5,12H,6-9H2,1H3,(H,16,17). The van der Waals surface area contributed by atoms with E-state index >= 15 is 0 Å². The molecule has 1 N–H and O–H groups in total. The number of hydrogen-bond acceptors (Lipinski definition) is 2. The topological polar surface area (TPSA) is 38.3 Å². The van der Waals surface area contributed by atoms with Crippen LogP contribution in [-0.4, -0.2) is 31.5 Å². The summed E-state index contributed by atoms with van der Waals surface area (Å²) in [5, 5.41) is 2.92. The zero-order valence-corrected chi connectivity index (χ0v) is 12.6. The minimum Gasteiger partial charge on any atom is -0.383 e. The van der Waals surface area contributed by atoms with Crippen LogP contribution in [-0.2, 0) is 16.0 Å². The van der Waals surface area contributed by atoms with Gasteiger partial charge in [-0.05, 0) is 24.1 Å². The van der Waals surface area contributed by atoms with Crippen molar-refractivity contribution in [3.8, 4) is 0 Å². The molecule has 0 aliphatic heterocycles. The lowest BCUT2D eigenvalue weighted by molar-refractivity contribution is -0.121. The van der Waals surface area contributed by atoms with Gasteiger partial charge in [-0.25, -0.2) is 0 Å². The summed E-state index contributed by atoms with van der Waals surface area (Å²) in [6.07, 6.45) is 1.08. The van der Waals surface area contributed by atoms with E-state index in [1.54, 1.807) is 7.11 Å². The summed E-state index contributed by atoms with van der Waals surface area (Å²) in [5.74, 6) is 0.497. The van der Waals surface area contributed by atoms with E-state index in [1.807, 2.05) is 24.3 Å². The fraction of sp³-hybridized carbons (Fsp3) is 0.462. The quantitative estimate of drug-likeness (QED) is 0.779. The van der Waals surface area contributed by atoms with E-state index in [1.165, 1.54) is 0 Å². The van der Waals surface area contributed by atoms with Gasteiger partial charge in [0.1, 0.15) is 0 Å². The fourth-order valence-electron chi connectivity index (χ4n) is 1.60. The van der Waals surface area contributed by atoms with Crippen molar-refractivity contribution in [1.29, 1.82) is 0 Å². The first-order valence-corrected chi connectivity index (χ1v) is 7.07. The van der Waals surface area contributed by atoms with Gasteiger partial charge >= 0.3 is 0 Å². The molecular weight excluding hydrogens is 318 g/mol. The van der Waals surface area contributed by atoms with Crippen LogP contribution in [0.25, 0.3) is 0 Å². The third-order valence-electron chi connectivity index (χ3n) is 2.47. The lowest BCUT2D eigenvalue weighted by Gasteiger charge is -2.16. The molecule has 1 unspecified atom stereocenters.